The number of fused-ring (bicyclic) bond motifs is 1. The molecule has 0 bridgehead atoms. The topological polar surface area (TPSA) is 58.9 Å². The van der Waals surface area contributed by atoms with Gasteiger partial charge in [-0.3, -0.25) is 10.1 Å². The molecule has 0 aliphatic carbocycles. The van der Waals surface area contributed by atoms with Gasteiger partial charge in [-0.25, -0.2) is 0 Å². The summed E-state index contributed by atoms with van der Waals surface area (Å²) in [5, 5.41) is 11.9. The molecule has 19 heavy (non-hydrogen) atoms. The Morgan fingerprint density at radius 2 is 1.89 bits per heavy atom. The Hall–Kier alpha value is -2.14. The van der Waals surface area contributed by atoms with Crippen molar-refractivity contribution in [3.8, 4) is 11.3 Å². The molecule has 94 valence electrons. The number of halogens is 1. The van der Waals surface area contributed by atoms with E-state index in [0.717, 1.165) is 26.6 Å². The first-order chi connectivity index (χ1) is 9.15. The monoisotopic (exact) mass is 316 g/mol. The van der Waals surface area contributed by atoms with E-state index in [4.69, 9.17) is 0 Å². The van der Waals surface area contributed by atoms with Crippen molar-refractivity contribution < 1.29 is 4.92 Å². The van der Waals surface area contributed by atoms with E-state index >= 15 is 0 Å². The maximum absolute atomic E-state index is 10.8. The molecule has 2 aromatic carbocycles. The third-order valence-electron chi connectivity index (χ3n) is 2.98. The molecule has 0 atom stereocenters. The average molecular weight is 317 g/mol. The second-order valence-electron chi connectivity index (χ2n) is 4.19. The first-order valence-corrected chi connectivity index (χ1v) is 6.46. The summed E-state index contributed by atoms with van der Waals surface area (Å²) in [5.41, 5.74) is 2.76. The van der Waals surface area contributed by atoms with Crippen molar-refractivity contribution in [1.82, 2.24) is 4.98 Å². The summed E-state index contributed by atoms with van der Waals surface area (Å²) in [7, 11) is 0. The van der Waals surface area contributed by atoms with Crippen LogP contribution in [0.2, 0.25) is 0 Å². The van der Waals surface area contributed by atoms with E-state index in [1.807, 2.05) is 30.3 Å². The van der Waals surface area contributed by atoms with E-state index in [2.05, 4.69) is 20.9 Å². The molecule has 1 aromatic heterocycles. The number of nitro groups is 1. The number of nitrogens with one attached hydrogen (secondary N) is 1. The largest absolute Gasteiger partial charge is 0.354 e. The molecule has 5 heteroatoms. The molecule has 3 aromatic rings. The van der Waals surface area contributed by atoms with E-state index in [9.17, 15) is 10.1 Å². The minimum absolute atomic E-state index is 0.0928. The van der Waals surface area contributed by atoms with Gasteiger partial charge in [-0.15, -0.1) is 0 Å². The van der Waals surface area contributed by atoms with Crippen LogP contribution in [0.15, 0.2) is 53.0 Å². The highest BCUT2D eigenvalue weighted by molar-refractivity contribution is 9.10. The zero-order valence-corrected chi connectivity index (χ0v) is 11.3. The van der Waals surface area contributed by atoms with E-state index in [1.54, 1.807) is 12.1 Å². The highest BCUT2D eigenvalue weighted by Gasteiger charge is 2.10. The fourth-order valence-corrected chi connectivity index (χ4v) is 2.54. The molecule has 4 nitrogen and oxygen atoms in total. The van der Waals surface area contributed by atoms with Gasteiger partial charge >= 0.3 is 0 Å². The van der Waals surface area contributed by atoms with E-state index in [0.29, 0.717) is 0 Å². The predicted octanol–water partition coefficient (Wildman–Crippen LogP) is 4.51. The van der Waals surface area contributed by atoms with Crippen LogP contribution in [0.5, 0.6) is 0 Å². The Morgan fingerprint density at radius 3 is 2.63 bits per heavy atom. The molecule has 0 aliphatic heterocycles. The second-order valence-corrected chi connectivity index (χ2v) is 5.05. The lowest BCUT2D eigenvalue weighted by atomic mass is 10.1. The molecule has 0 radical (unpaired) electrons. The Bertz CT molecular complexity index is 780. The molecule has 1 N–H and O–H groups in total. The quantitative estimate of drug-likeness (QED) is 0.558. The van der Waals surface area contributed by atoms with E-state index < -0.39 is 0 Å². The summed E-state index contributed by atoms with van der Waals surface area (Å²) in [6, 6.07) is 14.5. The molecule has 0 saturated heterocycles. The summed E-state index contributed by atoms with van der Waals surface area (Å²) in [6.07, 6.45) is 0. The highest BCUT2D eigenvalue weighted by Crippen LogP contribution is 2.30. The van der Waals surface area contributed by atoms with Gasteiger partial charge in [0.2, 0.25) is 0 Å². The van der Waals surface area contributed by atoms with Gasteiger partial charge in [-0.1, -0.05) is 34.1 Å². The maximum atomic E-state index is 10.8. The maximum Gasteiger partial charge on any atom is 0.270 e. The number of nitro benzene ring substituents is 1. The summed E-state index contributed by atoms with van der Waals surface area (Å²) < 4.78 is 0.998. The first-order valence-electron chi connectivity index (χ1n) is 5.67. The van der Waals surface area contributed by atoms with Gasteiger partial charge in [0.15, 0.2) is 0 Å². The van der Waals surface area contributed by atoms with Crippen LogP contribution in [-0.2, 0) is 0 Å². The number of aromatic nitrogens is 1. The van der Waals surface area contributed by atoms with Crippen LogP contribution in [0.4, 0.5) is 5.69 Å². The van der Waals surface area contributed by atoms with Gasteiger partial charge in [-0.05, 0) is 18.2 Å². The zero-order valence-electron chi connectivity index (χ0n) is 9.76. The van der Waals surface area contributed by atoms with Crippen molar-refractivity contribution in [2.75, 3.05) is 0 Å². The van der Waals surface area contributed by atoms with Crippen LogP contribution >= 0.6 is 15.9 Å². The van der Waals surface area contributed by atoms with Gasteiger partial charge in [0.1, 0.15) is 0 Å². The molecule has 0 amide bonds. The lowest BCUT2D eigenvalue weighted by molar-refractivity contribution is -0.384. The SMILES string of the molecule is O=[N+]([O-])c1cccc(-c2cc3c(Br)cccc3[nH]2)c1. The van der Waals surface area contributed by atoms with Gasteiger partial charge in [0, 0.05) is 38.8 Å². The smallest absolute Gasteiger partial charge is 0.270 e. The van der Waals surface area contributed by atoms with Gasteiger partial charge in [0.25, 0.3) is 5.69 Å². The summed E-state index contributed by atoms with van der Waals surface area (Å²) in [6.45, 7) is 0. The molecule has 0 unspecified atom stereocenters. The Labute approximate surface area is 117 Å². The molecular weight excluding hydrogens is 308 g/mol. The van der Waals surface area contributed by atoms with Crippen LogP contribution < -0.4 is 0 Å². The molecule has 0 saturated carbocycles. The highest BCUT2D eigenvalue weighted by atomic mass is 79.9. The number of aromatic amines is 1. The molecular formula is C14H9BrN2O2. The normalized spacial score (nSPS) is 10.8. The first kappa shape index (κ1) is 11.9. The Kier molecular flexibility index (Phi) is 2.83. The summed E-state index contributed by atoms with van der Waals surface area (Å²) >= 11 is 3.49. The van der Waals surface area contributed by atoms with Crippen molar-refractivity contribution in [2.24, 2.45) is 0 Å². The molecule has 0 fully saturated rings. The predicted molar refractivity (Wildman–Crippen MR) is 78.1 cm³/mol. The zero-order chi connectivity index (χ0) is 13.4. The van der Waals surface area contributed by atoms with Crippen LogP contribution in [0.25, 0.3) is 22.2 Å². The molecule has 0 spiro atoms. The minimum Gasteiger partial charge on any atom is -0.354 e. The van der Waals surface area contributed by atoms with E-state index in [-0.39, 0.29) is 10.6 Å². The van der Waals surface area contributed by atoms with Gasteiger partial charge in [0.05, 0.1) is 4.92 Å². The standard InChI is InChI=1S/C14H9BrN2O2/c15-12-5-2-6-13-11(12)8-14(16-13)9-3-1-4-10(7-9)17(18)19/h1-8,16H. The fourth-order valence-electron chi connectivity index (χ4n) is 2.06. The Morgan fingerprint density at radius 1 is 1.11 bits per heavy atom. The number of H-pyrrole nitrogens is 1. The van der Waals surface area contributed by atoms with E-state index in [1.165, 1.54) is 6.07 Å². The summed E-state index contributed by atoms with van der Waals surface area (Å²) in [5.74, 6) is 0. The van der Waals surface area contributed by atoms with Crippen molar-refractivity contribution in [2.45, 2.75) is 0 Å². The van der Waals surface area contributed by atoms with Gasteiger partial charge in [-0.2, -0.15) is 0 Å². The molecule has 0 aliphatic rings. The van der Waals surface area contributed by atoms with Crippen LogP contribution in [0, 0.1) is 10.1 Å². The Balaban J connectivity index is 2.16. The van der Waals surface area contributed by atoms with Crippen molar-refractivity contribution in [1.29, 1.82) is 0 Å². The van der Waals surface area contributed by atoms with Crippen LogP contribution in [-0.4, -0.2) is 9.91 Å². The molecule has 1 heterocycles. The lowest BCUT2D eigenvalue weighted by Gasteiger charge is -1.97. The van der Waals surface area contributed by atoms with Gasteiger partial charge < -0.3 is 4.98 Å². The second kappa shape index (κ2) is 4.51. The minimum atomic E-state index is -0.387. The lowest BCUT2D eigenvalue weighted by Crippen LogP contribution is -1.87. The number of benzene rings is 2. The number of nitrogens with zero attached hydrogens (tertiary/aromatic N) is 1. The molecule has 3 rings (SSSR count). The number of rotatable bonds is 2. The average Bonchev–Trinajstić information content (AvgIpc) is 2.84. The summed E-state index contributed by atoms with van der Waals surface area (Å²) in [4.78, 5) is 13.7. The number of hydrogen-bond donors (Lipinski definition) is 1. The third-order valence-corrected chi connectivity index (χ3v) is 3.67. The van der Waals surface area contributed by atoms with Crippen molar-refractivity contribution in [3.63, 3.8) is 0 Å². The number of hydrogen-bond acceptors (Lipinski definition) is 2. The van der Waals surface area contributed by atoms with Crippen molar-refractivity contribution >= 4 is 32.5 Å². The van der Waals surface area contributed by atoms with Crippen LogP contribution in [0.3, 0.4) is 0 Å². The fraction of sp³-hybridized carbons (Fsp3) is 0. The van der Waals surface area contributed by atoms with Crippen molar-refractivity contribution in [3.05, 3.63) is 63.1 Å². The van der Waals surface area contributed by atoms with Crippen LogP contribution in [0.1, 0.15) is 0 Å². The third kappa shape index (κ3) is 2.13. The number of non-ortho nitro benzene ring substituents is 1.